The average Bonchev–Trinajstić information content (AvgIpc) is 2.86. The lowest BCUT2D eigenvalue weighted by Gasteiger charge is -2.22. The summed E-state index contributed by atoms with van der Waals surface area (Å²) in [7, 11) is 0. The summed E-state index contributed by atoms with van der Waals surface area (Å²) >= 11 is 0. The zero-order valence-corrected chi connectivity index (χ0v) is 14.8. The second kappa shape index (κ2) is 7.79. The van der Waals surface area contributed by atoms with Gasteiger partial charge >= 0.3 is 0 Å². The number of hydrogen-bond acceptors (Lipinski definition) is 3. The molecule has 0 fully saturated rings. The summed E-state index contributed by atoms with van der Waals surface area (Å²) in [5, 5.41) is 0. The number of nitrogens with one attached hydrogen (secondary N) is 1. The Morgan fingerprint density at radius 1 is 1.12 bits per heavy atom. The van der Waals surface area contributed by atoms with Gasteiger partial charge in [-0.1, -0.05) is 30.3 Å². The average molecular weight is 341 g/mol. The number of nitrogens with two attached hydrogens (primary N) is 1. The predicted octanol–water partition coefficient (Wildman–Crippen LogP) is 2.35. The van der Waals surface area contributed by atoms with Gasteiger partial charge in [-0.3, -0.25) is 14.4 Å². The van der Waals surface area contributed by atoms with E-state index in [1.54, 1.807) is 18.7 Å². The lowest BCUT2D eigenvalue weighted by Crippen LogP contribution is -2.34. The third-order valence-corrected chi connectivity index (χ3v) is 4.14. The number of amides is 2. The minimum atomic E-state index is -0.463. The van der Waals surface area contributed by atoms with Gasteiger partial charge in [-0.15, -0.1) is 0 Å². The van der Waals surface area contributed by atoms with Gasteiger partial charge in [0.25, 0.3) is 5.91 Å². The normalized spacial score (nSPS) is 10.5. The zero-order valence-electron chi connectivity index (χ0n) is 14.8. The molecule has 0 saturated carbocycles. The number of ketones is 1. The molecule has 0 aliphatic carbocycles. The van der Waals surface area contributed by atoms with Gasteiger partial charge in [0.2, 0.25) is 5.91 Å². The van der Waals surface area contributed by atoms with E-state index in [4.69, 9.17) is 5.73 Å². The van der Waals surface area contributed by atoms with Crippen molar-refractivity contribution in [3.63, 3.8) is 0 Å². The van der Waals surface area contributed by atoms with Crippen LogP contribution in [0.1, 0.15) is 51.0 Å². The highest BCUT2D eigenvalue weighted by Crippen LogP contribution is 2.21. The van der Waals surface area contributed by atoms with Crippen molar-refractivity contribution in [3.8, 4) is 0 Å². The number of aromatic amines is 1. The number of primary amides is 1. The number of carbonyl (C=O) groups excluding carboxylic acids is 3. The minimum absolute atomic E-state index is 0.0802. The van der Waals surface area contributed by atoms with E-state index in [1.807, 2.05) is 30.3 Å². The van der Waals surface area contributed by atoms with Crippen LogP contribution in [0.2, 0.25) is 0 Å². The fraction of sp³-hybridized carbons (Fsp3) is 0.316. The molecule has 0 spiro atoms. The van der Waals surface area contributed by atoms with Crippen LogP contribution in [-0.2, 0) is 11.3 Å². The third kappa shape index (κ3) is 4.35. The van der Waals surface area contributed by atoms with Gasteiger partial charge in [-0.2, -0.15) is 0 Å². The molecule has 1 aromatic heterocycles. The quantitative estimate of drug-likeness (QED) is 0.757. The third-order valence-electron chi connectivity index (χ3n) is 4.14. The molecule has 0 aliphatic rings. The number of Topliss-reactive ketones (excluding diaryl/α,β-unsaturated/α-hetero) is 1. The summed E-state index contributed by atoms with van der Waals surface area (Å²) in [5.74, 6) is -0.801. The highest BCUT2D eigenvalue weighted by atomic mass is 16.2. The van der Waals surface area contributed by atoms with Crippen molar-refractivity contribution in [2.45, 2.75) is 33.7 Å². The molecule has 0 radical (unpaired) electrons. The Balaban J connectivity index is 2.33. The van der Waals surface area contributed by atoms with Crippen molar-refractivity contribution < 1.29 is 14.4 Å². The van der Waals surface area contributed by atoms with E-state index in [-0.39, 0.29) is 24.7 Å². The van der Waals surface area contributed by atoms with Gasteiger partial charge in [0, 0.05) is 30.8 Å². The van der Waals surface area contributed by atoms with Crippen LogP contribution in [-0.4, -0.2) is 34.0 Å². The van der Waals surface area contributed by atoms with Gasteiger partial charge in [0.1, 0.15) is 5.69 Å². The largest absolute Gasteiger partial charge is 0.370 e. The standard InChI is InChI=1S/C19H23N3O3/c1-12-17(14(3)23)13(2)21-18(12)19(25)22(10-9-16(20)24)11-15-7-5-4-6-8-15/h4-8,21H,9-11H2,1-3H3,(H2,20,24). The topological polar surface area (TPSA) is 96.3 Å². The minimum Gasteiger partial charge on any atom is -0.370 e. The zero-order chi connectivity index (χ0) is 18.6. The first-order chi connectivity index (χ1) is 11.8. The van der Waals surface area contributed by atoms with Crippen molar-refractivity contribution in [1.29, 1.82) is 0 Å². The molecule has 2 aromatic rings. The van der Waals surface area contributed by atoms with E-state index in [0.29, 0.717) is 29.1 Å². The molecular formula is C19H23N3O3. The van der Waals surface area contributed by atoms with Crippen LogP contribution < -0.4 is 5.73 Å². The summed E-state index contributed by atoms with van der Waals surface area (Å²) in [4.78, 5) is 40.5. The smallest absolute Gasteiger partial charge is 0.270 e. The van der Waals surface area contributed by atoms with E-state index in [0.717, 1.165) is 5.56 Å². The van der Waals surface area contributed by atoms with Crippen LogP contribution in [0.15, 0.2) is 30.3 Å². The maximum Gasteiger partial charge on any atom is 0.270 e. The maximum absolute atomic E-state index is 13.0. The first-order valence-corrected chi connectivity index (χ1v) is 8.12. The summed E-state index contributed by atoms with van der Waals surface area (Å²) in [5.41, 5.74) is 8.41. The van der Waals surface area contributed by atoms with E-state index in [9.17, 15) is 14.4 Å². The van der Waals surface area contributed by atoms with E-state index in [1.165, 1.54) is 6.92 Å². The molecule has 132 valence electrons. The highest BCUT2D eigenvalue weighted by Gasteiger charge is 2.24. The fourth-order valence-electron chi connectivity index (χ4n) is 2.95. The van der Waals surface area contributed by atoms with Gasteiger partial charge < -0.3 is 15.6 Å². The second-order valence-corrected chi connectivity index (χ2v) is 6.11. The molecule has 0 saturated heterocycles. The number of hydrogen-bond donors (Lipinski definition) is 2. The Morgan fingerprint density at radius 3 is 2.28 bits per heavy atom. The Bertz CT molecular complexity index is 794. The number of carbonyl (C=O) groups is 3. The van der Waals surface area contributed by atoms with Crippen LogP contribution in [0.4, 0.5) is 0 Å². The lowest BCUT2D eigenvalue weighted by atomic mass is 10.1. The van der Waals surface area contributed by atoms with Crippen molar-refractivity contribution in [1.82, 2.24) is 9.88 Å². The molecule has 25 heavy (non-hydrogen) atoms. The number of aromatic nitrogens is 1. The van der Waals surface area contributed by atoms with E-state index < -0.39 is 5.91 Å². The summed E-state index contributed by atoms with van der Waals surface area (Å²) in [6.45, 7) is 5.58. The van der Waals surface area contributed by atoms with Crippen LogP contribution in [0, 0.1) is 13.8 Å². The molecule has 1 heterocycles. The molecule has 0 unspecified atom stereocenters. The maximum atomic E-state index is 13.0. The van der Waals surface area contributed by atoms with Gasteiger partial charge in [0.05, 0.1) is 0 Å². The van der Waals surface area contributed by atoms with Crippen LogP contribution >= 0.6 is 0 Å². The fourth-order valence-corrected chi connectivity index (χ4v) is 2.95. The predicted molar refractivity (Wildman–Crippen MR) is 95.3 cm³/mol. The first kappa shape index (κ1) is 18.4. The molecule has 0 atom stereocenters. The van der Waals surface area contributed by atoms with Gasteiger partial charge in [0.15, 0.2) is 5.78 Å². The van der Waals surface area contributed by atoms with Gasteiger partial charge in [-0.05, 0) is 31.9 Å². The number of H-pyrrole nitrogens is 1. The Hall–Kier alpha value is -2.89. The lowest BCUT2D eigenvalue weighted by molar-refractivity contribution is -0.118. The van der Waals surface area contributed by atoms with Crippen molar-refractivity contribution in [3.05, 3.63) is 58.4 Å². The van der Waals surface area contributed by atoms with Crippen molar-refractivity contribution >= 4 is 17.6 Å². The Morgan fingerprint density at radius 2 is 1.76 bits per heavy atom. The number of aryl methyl sites for hydroxylation is 1. The Kier molecular flexibility index (Phi) is 5.75. The Labute approximate surface area is 147 Å². The second-order valence-electron chi connectivity index (χ2n) is 6.11. The summed E-state index contributed by atoms with van der Waals surface area (Å²) < 4.78 is 0. The number of rotatable bonds is 7. The van der Waals surface area contributed by atoms with Gasteiger partial charge in [-0.25, -0.2) is 0 Å². The highest BCUT2D eigenvalue weighted by molar-refractivity contribution is 6.02. The number of nitrogens with zero attached hydrogens (tertiary/aromatic N) is 1. The summed E-state index contributed by atoms with van der Waals surface area (Å²) in [6.07, 6.45) is 0.0802. The van der Waals surface area contributed by atoms with Crippen LogP contribution in [0.5, 0.6) is 0 Å². The SMILES string of the molecule is CC(=O)c1c(C)[nH]c(C(=O)N(CCC(N)=O)Cc2ccccc2)c1C. The van der Waals surface area contributed by atoms with Crippen molar-refractivity contribution in [2.75, 3.05) is 6.54 Å². The van der Waals surface area contributed by atoms with Crippen molar-refractivity contribution in [2.24, 2.45) is 5.73 Å². The molecule has 2 rings (SSSR count). The molecule has 6 heteroatoms. The molecule has 1 aromatic carbocycles. The molecular weight excluding hydrogens is 318 g/mol. The van der Waals surface area contributed by atoms with Crippen LogP contribution in [0.3, 0.4) is 0 Å². The number of benzene rings is 1. The van der Waals surface area contributed by atoms with E-state index >= 15 is 0 Å². The van der Waals surface area contributed by atoms with E-state index in [2.05, 4.69) is 4.98 Å². The molecule has 6 nitrogen and oxygen atoms in total. The molecule has 0 bridgehead atoms. The first-order valence-electron chi connectivity index (χ1n) is 8.12. The molecule has 0 aliphatic heterocycles. The summed E-state index contributed by atoms with van der Waals surface area (Å²) in [6, 6.07) is 9.52. The molecule has 2 amide bonds. The van der Waals surface area contributed by atoms with Crippen LogP contribution in [0.25, 0.3) is 0 Å². The molecule has 3 N–H and O–H groups in total. The monoisotopic (exact) mass is 341 g/mol.